The molecule has 0 aromatic rings. The van der Waals surface area contributed by atoms with Crippen LogP contribution in [-0.4, -0.2) is 13.6 Å². The highest BCUT2D eigenvalue weighted by Gasteiger charge is 2.02. The summed E-state index contributed by atoms with van der Waals surface area (Å²) in [5.74, 6) is 0. The number of unbranched alkanes of at least 4 members (excludes halogenated alkanes) is 2. The molecule has 1 nitrogen and oxygen atoms in total. The average molecular weight is 193 g/mol. The van der Waals surface area contributed by atoms with Crippen molar-refractivity contribution >= 4 is 0 Å². The molecular formula is C13H23N. The summed E-state index contributed by atoms with van der Waals surface area (Å²) in [6.07, 6.45) is 12.5. The molecule has 0 aromatic carbocycles. The highest BCUT2D eigenvalue weighted by atomic mass is 14.8. The van der Waals surface area contributed by atoms with Crippen LogP contribution < -0.4 is 5.32 Å². The van der Waals surface area contributed by atoms with Gasteiger partial charge in [-0.25, -0.2) is 0 Å². The van der Waals surface area contributed by atoms with Crippen LogP contribution in [0.15, 0.2) is 23.3 Å². The molecule has 0 radical (unpaired) electrons. The van der Waals surface area contributed by atoms with Gasteiger partial charge in [-0.2, -0.15) is 0 Å². The summed E-state index contributed by atoms with van der Waals surface area (Å²) >= 11 is 0. The van der Waals surface area contributed by atoms with Crippen LogP contribution in [0.3, 0.4) is 0 Å². The van der Waals surface area contributed by atoms with Gasteiger partial charge in [0.1, 0.15) is 0 Å². The van der Waals surface area contributed by atoms with Crippen molar-refractivity contribution in [2.24, 2.45) is 0 Å². The Morgan fingerprint density at radius 3 is 2.64 bits per heavy atom. The highest BCUT2D eigenvalue weighted by molar-refractivity contribution is 5.22. The summed E-state index contributed by atoms with van der Waals surface area (Å²) < 4.78 is 0. The van der Waals surface area contributed by atoms with Gasteiger partial charge in [0.15, 0.2) is 0 Å². The van der Waals surface area contributed by atoms with Gasteiger partial charge in [-0.1, -0.05) is 29.7 Å². The number of nitrogens with one attached hydrogen (secondary N) is 1. The Balaban J connectivity index is 2.07. The van der Waals surface area contributed by atoms with Crippen LogP contribution in [0.2, 0.25) is 0 Å². The van der Waals surface area contributed by atoms with E-state index in [1.165, 1.54) is 44.1 Å². The molecule has 0 aromatic heterocycles. The minimum absolute atomic E-state index is 1.16. The fourth-order valence-corrected chi connectivity index (χ4v) is 1.82. The zero-order valence-corrected chi connectivity index (χ0v) is 9.60. The lowest BCUT2D eigenvalue weighted by atomic mass is 9.95. The number of hydrogen-bond acceptors (Lipinski definition) is 1. The largest absolute Gasteiger partial charge is 0.320 e. The fourth-order valence-electron chi connectivity index (χ4n) is 1.82. The number of allylic oxidation sites excluding steroid dienone is 4. The minimum atomic E-state index is 1.16. The summed E-state index contributed by atoms with van der Waals surface area (Å²) in [7, 11) is 2.03. The van der Waals surface area contributed by atoms with Crippen molar-refractivity contribution in [3.05, 3.63) is 23.3 Å². The lowest BCUT2D eigenvalue weighted by molar-refractivity contribution is 0.632. The SMILES string of the molecule is CNCCCCCC1=CC=C(C)CC1. The molecule has 0 aliphatic heterocycles. The molecule has 1 heteroatoms. The van der Waals surface area contributed by atoms with Gasteiger partial charge in [-0.3, -0.25) is 0 Å². The first kappa shape index (κ1) is 11.5. The lowest BCUT2D eigenvalue weighted by Gasteiger charge is -2.11. The van der Waals surface area contributed by atoms with E-state index in [0.717, 1.165) is 6.54 Å². The van der Waals surface area contributed by atoms with Gasteiger partial charge < -0.3 is 5.32 Å². The third-order valence-electron chi connectivity index (χ3n) is 2.87. The molecule has 0 heterocycles. The topological polar surface area (TPSA) is 12.0 Å². The molecule has 1 aliphatic carbocycles. The minimum Gasteiger partial charge on any atom is -0.320 e. The van der Waals surface area contributed by atoms with Crippen molar-refractivity contribution in [3.8, 4) is 0 Å². The maximum atomic E-state index is 3.19. The predicted octanol–water partition coefficient (Wildman–Crippen LogP) is 3.43. The van der Waals surface area contributed by atoms with Crippen LogP contribution >= 0.6 is 0 Å². The first-order valence-corrected chi connectivity index (χ1v) is 5.82. The van der Waals surface area contributed by atoms with Crippen LogP contribution in [0, 0.1) is 0 Å². The summed E-state index contributed by atoms with van der Waals surface area (Å²) in [4.78, 5) is 0. The van der Waals surface area contributed by atoms with Crippen molar-refractivity contribution < 1.29 is 0 Å². The molecule has 0 amide bonds. The Morgan fingerprint density at radius 1 is 1.14 bits per heavy atom. The quantitative estimate of drug-likeness (QED) is 0.637. The van der Waals surface area contributed by atoms with E-state index in [2.05, 4.69) is 24.4 Å². The maximum Gasteiger partial charge on any atom is -0.00519 e. The zero-order chi connectivity index (χ0) is 10.2. The van der Waals surface area contributed by atoms with E-state index >= 15 is 0 Å². The standard InChI is InChI=1S/C13H23N/c1-12-7-9-13(10-8-12)6-4-3-5-11-14-2/h7,9,14H,3-6,8,10-11H2,1-2H3. The molecule has 1 aliphatic rings. The third-order valence-corrected chi connectivity index (χ3v) is 2.87. The molecule has 1 N–H and O–H groups in total. The van der Waals surface area contributed by atoms with E-state index in [-0.39, 0.29) is 0 Å². The molecule has 0 atom stereocenters. The van der Waals surface area contributed by atoms with E-state index in [1.54, 1.807) is 5.57 Å². The maximum absolute atomic E-state index is 3.19. The van der Waals surface area contributed by atoms with Crippen molar-refractivity contribution in [2.45, 2.75) is 45.4 Å². The number of rotatable bonds is 6. The Bertz CT molecular complexity index is 213. The van der Waals surface area contributed by atoms with Crippen LogP contribution in [-0.2, 0) is 0 Å². The van der Waals surface area contributed by atoms with Crippen LogP contribution in [0.1, 0.15) is 45.4 Å². The normalized spacial score (nSPS) is 16.4. The molecular weight excluding hydrogens is 170 g/mol. The smallest absolute Gasteiger partial charge is 0.00519 e. The van der Waals surface area contributed by atoms with Crippen molar-refractivity contribution in [2.75, 3.05) is 13.6 Å². The summed E-state index contributed by atoms with van der Waals surface area (Å²) in [6.45, 7) is 3.39. The second-order valence-electron chi connectivity index (χ2n) is 4.25. The van der Waals surface area contributed by atoms with Gasteiger partial charge in [0.2, 0.25) is 0 Å². The molecule has 1 rings (SSSR count). The predicted molar refractivity (Wildman–Crippen MR) is 63.5 cm³/mol. The molecule has 0 saturated carbocycles. The second kappa shape index (κ2) is 6.83. The molecule has 0 fully saturated rings. The number of hydrogen-bond donors (Lipinski definition) is 1. The van der Waals surface area contributed by atoms with E-state index in [0.29, 0.717) is 0 Å². The molecule has 80 valence electrons. The molecule has 0 saturated heterocycles. The van der Waals surface area contributed by atoms with Crippen LogP contribution in [0.25, 0.3) is 0 Å². The Kier molecular flexibility index (Phi) is 5.62. The molecule has 0 unspecified atom stereocenters. The first-order chi connectivity index (χ1) is 6.83. The second-order valence-corrected chi connectivity index (χ2v) is 4.25. The Hall–Kier alpha value is -0.560. The van der Waals surface area contributed by atoms with Crippen molar-refractivity contribution in [3.63, 3.8) is 0 Å². The van der Waals surface area contributed by atoms with Crippen LogP contribution in [0.4, 0.5) is 0 Å². The fraction of sp³-hybridized carbons (Fsp3) is 0.692. The van der Waals surface area contributed by atoms with E-state index in [4.69, 9.17) is 0 Å². The molecule has 0 spiro atoms. The van der Waals surface area contributed by atoms with Gasteiger partial charge in [-0.05, 0) is 52.6 Å². The Labute approximate surface area is 88.3 Å². The zero-order valence-electron chi connectivity index (χ0n) is 9.60. The van der Waals surface area contributed by atoms with E-state index in [1.807, 2.05) is 7.05 Å². The monoisotopic (exact) mass is 193 g/mol. The third kappa shape index (κ3) is 4.61. The lowest BCUT2D eigenvalue weighted by Crippen LogP contribution is -2.06. The summed E-state index contributed by atoms with van der Waals surface area (Å²) in [5.41, 5.74) is 3.18. The average Bonchev–Trinajstić information content (AvgIpc) is 2.21. The van der Waals surface area contributed by atoms with E-state index < -0.39 is 0 Å². The van der Waals surface area contributed by atoms with Crippen molar-refractivity contribution in [1.29, 1.82) is 0 Å². The summed E-state index contributed by atoms with van der Waals surface area (Å²) in [6, 6.07) is 0. The highest BCUT2D eigenvalue weighted by Crippen LogP contribution is 2.21. The van der Waals surface area contributed by atoms with Gasteiger partial charge in [-0.15, -0.1) is 0 Å². The Morgan fingerprint density at radius 2 is 2.00 bits per heavy atom. The van der Waals surface area contributed by atoms with Gasteiger partial charge in [0.05, 0.1) is 0 Å². The first-order valence-electron chi connectivity index (χ1n) is 5.82. The van der Waals surface area contributed by atoms with Gasteiger partial charge in [0, 0.05) is 0 Å². The summed E-state index contributed by atoms with van der Waals surface area (Å²) in [5, 5.41) is 3.19. The van der Waals surface area contributed by atoms with Crippen LogP contribution in [0.5, 0.6) is 0 Å². The van der Waals surface area contributed by atoms with Crippen molar-refractivity contribution in [1.82, 2.24) is 5.32 Å². The van der Waals surface area contributed by atoms with Gasteiger partial charge in [0.25, 0.3) is 0 Å². The van der Waals surface area contributed by atoms with Gasteiger partial charge >= 0.3 is 0 Å². The van der Waals surface area contributed by atoms with E-state index in [9.17, 15) is 0 Å². The molecule has 14 heavy (non-hydrogen) atoms. The molecule has 0 bridgehead atoms.